The number of urea groups is 2. The number of hydrogen-bond acceptors (Lipinski definition) is 6. The summed E-state index contributed by atoms with van der Waals surface area (Å²) in [6.07, 6.45) is 2.07. The Bertz CT molecular complexity index is 1290. The van der Waals surface area contributed by atoms with E-state index in [9.17, 15) is 9.59 Å². The molecule has 2 aliphatic heterocycles. The Balaban J connectivity index is 1.15. The first-order valence-electron chi connectivity index (χ1n) is 13.1. The molecule has 200 valence electrons. The summed E-state index contributed by atoms with van der Waals surface area (Å²) in [4.78, 5) is 34.2. The molecule has 2 heterocycles. The Morgan fingerprint density at radius 3 is 1.41 bits per heavy atom. The van der Waals surface area contributed by atoms with E-state index in [4.69, 9.17) is 0 Å². The van der Waals surface area contributed by atoms with Crippen molar-refractivity contribution in [1.29, 1.82) is 0 Å². The third kappa shape index (κ3) is 7.13. The normalized spacial score (nSPS) is 14.6. The van der Waals surface area contributed by atoms with E-state index in [-0.39, 0.29) is 12.1 Å². The zero-order valence-corrected chi connectivity index (χ0v) is 21.8. The van der Waals surface area contributed by atoms with Gasteiger partial charge in [0, 0.05) is 60.1 Å². The van der Waals surface area contributed by atoms with E-state index in [1.165, 1.54) is 0 Å². The molecule has 0 bridgehead atoms. The van der Waals surface area contributed by atoms with Gasteiger partial charge in [-0.1, -0.05) is 0 Å². The van der Waals surface area contributed by atoms with Crippen LogP contribution in [0.3, 0.4) is 0 Å². The van der Waals surface area contributed by atoms with Crippen molar-refractivity contribution in [3.63, 3.8) is 0 Å². The molecule has 39 heavy (non-hydrogen) atoms. The van der Waals surface area contributed by atoms with Crippen LogP contribution in [0.15, 0.2) is 76.7 Å². The molecule has 10 nitrogen and oxygen atoms in total. The first-order valence-corrected chi connectivity index (χ1v) is 13.1. The Labute approximate surface area is 227 Å². The van der Waals surface area contributed by atoms with Gasteiger partial charge in [0.25, 0.3) is 0 Å². The van der Waals surface area contributed by atoms with Crippen molar-refractivity contribution in [1.82, 2.24) is 10.6 Å². The zero-order chi connectivity index (χ0) is 27.0. The van der Waals surface area contributed by atoms with Gasteiger partial charge in [0.1, 0.15) is 11.7 Å². The van der Waals surface area contributed by atoms with E-state index in [0.717, 1.165) is 67.4 Å². The quantitative estimate of drug-likeness (QED) is 0.277. The predicted octanol–water partition coefficient (Wildman–Crippen LogP) is 4.76. The Kier molecular flexibility index (Phi) is 8.01. The molecular weight excluding hydrogens is 492 g/mol. The summed E-state index contributed by atoms with van der Waals surface area (Å²) in [5.41, 5.74) is 5.31. The molecule has 0 spiro atoms. The number of nitrogens with zero attached hydrogens (tertiary/aromatic N) is 2. The van der Waals surface area contributed by atoms with Crippen LogP contribution in [-0.4, -0.2) is 49.9 Å². The highest BCUT2D eigenvalue weighted by Crippen LogP contribution is 2.20. The van der Waals surface area contributed by atoms with Gasteiger partial charge in [0.05, 0.1) is 0 Å². The molecule has 0 radical (unpaired) electrons. The van der Waals surface area contributed by atoms with Crippen molar-refractivity contribution in [2.45, 2.75) is 19.8 Å². The maximum atomic E-state index is 12.6. The standard InChI is InChI=1S/C29H32N8O2/c1-19-16-24(36-28(38)34-22-8-4-20(5-9-22)26-30-12-2-13-31-26)18-25(17-19)37-29(39)35-23-10-6-21(7-11-23)27-32-14-3-15-33-27/h4-11,16-18H,2-3,12-15H2,1H3,(H,30,31)(H,32,33)(H2,34,36,38)(H2,35,37,39). The van der Waals surface area contributed by atoms with Gasteiger partial charge in [-0.05, 0) is 92.1 Å². The number of anilines is 4. The predicted molar refractivity (Wildman–Crippen MR) is 157 cm³/mol. The average molecular weight is 525 g/mol. The van der Waals surface area contributed by atoms with Crippen LogP contribution in [0.2, 0.25) is 0 Å². The van der Waals surface area contributed by atoms with Crippen molar-refractivity contribution in [3.8, 4) is 0 Å². The minimum atomic E-state index is -0.381. The Morgan fingerprint density at radius 2 is 1.03 bits per heavy atom. The molecule has 10 heteroatoms. The van der Waals surface area contributed by atoms with E-state index in [1.54, 1.807) is 6.07 Å². The fourth-order valence-corrected chi connectivity index (χ4v) is 4.39. The van der Waals surface area contributed by atoms with Gasteiger partial charge in [-0.2, -0.15) is 0 Å². The lowest BCUT2D eigenvalue weighted by molar-refractivity contribution is 0.261. The van der Waals surface area contributed by atoms with Crippen LogP contribution in [0.5, 0.6) is 0 Å². The highest BCUT2D eigenvalue weighted by molar-refractivity contribution is 6.04. The van der Waals surface area contributed by atoms with Gasteiger partial charge in [0.15, 0.2) is 0 Å². The summed E-state index contributed by atoms with van der Waals surface area (Å²) in [5.74, 6) is 1.76. The Hall–Kier alpha value is -4.86. The summed E-state index contributed by atoms with van der Waals surface area (Å²) in [5, 5.41) is 17.9. The third-order valence-corrected chi connectivity index (χ3v) is 6.22. The number of carbonyl (C=O) groups is 2. The molecule has 5 rings (SSSR count). The summed E-state index contributed by atoms with van der Waals surface area (Å²) >= 11 is 0. The molecule has 0 aromatic heterocycles. The second-order valence-corrected chi connectivity index (χ2v) is 9.42. The van der Waals surface area contributed by atoms with Gasteiger partial charge in [-0.25, -0.2) is 9.59 Å². The van der Waals surface area contributed by atoms with Crippen molar-refractivity contribution < 1.29 is 9.59 Å². The molecule has 0 aliphatic carbocycles. The minimum absolute atomic E-state index is 0.381. The molecular formula is C29H32N8O2. The molecule has 0 fully saturated rings. The van der Waals surface area contributed by atoms with Crippen molar-refractivity contribution in [2.75, 3.05) is 47.4 Å². The largest absolute Gasteiger partial charge is 0.370 e. The van der Waals surface area contributed by atoms with Gasteiger partial charge >= 0.3 is 12.1 Å². The SMILES string of the molecule is Cc1cc(NC(=O)Nc2ccc(C3=NCCCN3)cc2)cc(NC(=O)Nc2ccc(C3=NCCCN3)cc2)c1. The minimum Gasteiger partial charge on any atom is -0.370 e. The molecule has 0 saturated heterocycles. The molecule has 0 saturated carbocycles. The summed E-state index contributed by atoms with van der Waals surface area (Å²) in [6, 6.07) is 19.7. The van der Waals surface area contributed by atoms with Crippen LogP contribution in [0.1, 0.15) is 29.5 Å². The molecule has 0 unspecified atom stereocenters. The van der Waals surface area contributed by atoms with Crippen molar-refractivity contribution in [2.24, 2.45) is 9.98 Å². The summed E-state index contributed by atoms with van der Waals surface area (Å²) < 4.78 is 0. The number of hydrogen-bond donors (Lipinski definition) is 6. The molecule has 0 atom stereocenters. The topological polar surface area (TPSA) is 131 Å². The van der Waals surface area contributed by atoms with E-state index in [0.29, 0.717) is 22.7 Å². The number of aliphatic imine (C=N–C) groups is 2. The molecule has 2 aliphatic rings. The second kappa shape index (κ2) is 12.1. The molecule has 3 aromatic rings. The van der Waals surface area contributed by atoms with E-state index in [1.807, 2.05) is 67.6 Å². The van der Waals surface area contributed by atoms with Gasteiger partial charge in [-0.3, -0.25) is 9.98 Å². The van der Waals surface area contributed by atoms with Crippen LogP contribution in [-0.2, 0) is 0 Å². The fourth-order valence-electron chi connectivity index (χ4n) is 4.39. The first kappa shape index (κ1) is 25.8. The van der Waals surface area contributed by atoms with Gasteiger partial charge < -0.3 is 31.9 Å². The smallest absolute Gasteiger partial charge is 0.323 e. The monoisotopic (exact) mass is 524 g/mol. The number of amides is 4. The van der Waals surface area contributed by atoms with Gasteiger partial charge in [0.2, 0.25) is 0 Å². The average Bonchev–Trinajstić information content (AvgIpc) is 2.94. The third-order valence-electron chi connectivity index (χ3n) is 6.22. The van der Waals surface area contributed by atoms with Crippen LogP contribution in [0, 0.1) is 6.92 Å². The number of aryl methyl sites for hydroxylation is 1. The number of nitrogens with one attached hydrogen (secondary N) is 6. The number of carbonyl (C=O) groups excluding carboxylic acids is 2. The Morgan fingerprint density at radius 1 is 0.615 bits per heavy atom. The lowest BCUT2D eigenvalue weighted by atomic mass is 10.1. The van der Waals surface area contributed by atoms with E-state index < -0.39 is 0 Å². The highest BCUT2D eigenvalue weighted by atomic mass is 16.2. The van der Waals surface area contributed by atoms with E-state index in [2.05, 4.69) is 41.9 Å². The summed E-state index contributed by atoms with van der Waals surface area (Å²) in [6.45, 7) is 5.37. The van der Waals surface area contributed by atoms with Crippen LogP contribution >= 0.6 is 0 Å². The maximum absolute atomic E-state index is 12.6. The second-order valence-electron chi connectivity index (χ2n) is 9.42. The number of benzene rings is 3. The molecule has 6 N–H and O–H groups in total. The maximum Gasteiger partial charge on any atom is 0.323 e. The highest BCUT2D eigenvalue weighted by Gasteiger charge is 2.11. The lowest BCUT2D eigenvalue weighted by Gasteiger charge is -2.15. The number of rotatable bonds is 6. The molecule has 4 amide bonds. The fraction of sp³-hybridized carbons (Fsp3) is 0.241. The lowest BCUT2D eigenvalue weighted by Crippen LogP contribution is -2.30. The van der Waals surface area contributed by atoms with Crippen LogP contribution in [0.25, 0.3) is 0 Å². The van der Waals surface area contributed by atoms with E-state index >= 15 is 0 Å². The van der Waals surface area contributed by atoms with Crippen LogP contribution in [0.4, 0.5) is 32.3 Å². The first-order chi connectivity index (χ1) is 19.0. The molecule has 3 aromatic carbocycles. The summed E-state index contributed by atoms with van der Waals surface area (Å²) in [7, 11) is 0. The van der Waals surface area contributed by atoms with Gasteiger partial charge in [-0.15, -0.1) is 0 Å². The zero-order valence-electron chi connectivity index (χ0n) is 21.8. The number of amidine groups is 2. The van der Waals surface area contributed by atoms with Crippen LogP contribution < -0.4 is 31.9 Å². The van der Waals surface area contributed by atoms with Crippen molar-refractivity contribution >= 4 is 46.5 Å². The van der Waals surface area contributed by atoms with Crippen molar-refractivity contribution in [3.05, 3.63) is 83.4 Å².